The summed E-state index contributed by atoms with van der Waals surface area (Å²) in [7, 11) is 1.55. The lowest BCUT2D eigenvalue weighted by molar-refractivity contribution is 0.102. The van der Waals surface area contributed by atoms with E-state index in [1.165, 1.54) is 11.3 Å². The minimum absolute atomic E-state index is 0.226. The summed E-state index contributed by atoms with van der Waals surface area (Å²) < 4.78 is 6.29. The van der Waals surface area contributed by atoms with Crippen molar-refractivity contribution in [2.24, 2.45) is 0 Å². The van der Waals surface area contributed by atoms with Gasteiger partial charge in [-0.15, -0.1) is 0 Å². The smallest absolute Gasteiger partial charge is 0.261 e. The number of nitrogens with zero attached hydrogens (tertiary/aromatic N) is 1. The molecule has 0 aliphatic heterocycles. The molecule has 4 nitrogen and oxygen atoms in total. The second-order valence-corrected chi connectivity index (χ2v) is 6.34. The van der Waals surface area contributed by atoms with Crippen LogP contribution < -0.4 is 10.1 Å². The Hall–Kier alpha value is -2.92. The van der Waals surface area contributed by atoms with Crippen LogP contribution >= 0.6 is 11.3 Å². The zero-order valence-corrected chi connectivity index (χ0v) is 13.8. The second kappa shape index (κ2) is 5.94. The molecule has 1 heterocycles. The molecule has 118 valence electrons. The van der Waals surface area contributed by atoms with E-state index in [9.17, 15) is 4.79 Å². The van der Waals surface area contributed by atoms with Crippen LogP contribution in [0.4, 0.5) is 5.13 Å². The van der Waals surface area contributed by atoms with Gasteiger partial charge in [-0.1, -0.05) is 53.8 Å². The van der Waals surface area contributed by atoms with E-state index in [0.29, 0.717) is 16.4 Å². The molecule has 4 aromatic rings. The normalized spacial score (nSPS) is 10.9. The Balaban J connectivity index is 1.72. The van der Waals surface area contributed by atoms with Gasteiger partial charge in [0, 0.05) is 5.39 Å². The van der Waals surface area contributed by atoms with Crippen molar-refractivity contribution in [2.75, 3.05) is 12.4 Å². The number of anilines is 1. The minimum Gasteiger partial charge on any atom is -0.496 e. The van der Waals surface area contributed by atoms with Crippen LogP contribution in [0.5, 0.6) is 5.75 Å². The molecule has 3 aromatic carbocycles. The molecule has 4 rings (SSSR count). The first-order valence-electron chi connectivity index (χ1n) is 7.49. The highest BCUT2D eigenvalue weighted by Gasteiger charge is 2.14. The predicted molar refractivity (Wildman–Crippen MR) is 98.1 cm³/mol. The Bertz CT molecular complexity index is 1060. The van der Waals surface area contributed by atoms with Gasteiger partial charge < -0.3 is 4.74 Å². The molecule has 24 heavy (non-hydrogen) atoms. The summed E-state index contributed by atoms with van der Waals surface area (Å²) >= 11 is 1.46. The SMILES string of the molecule is COc1ccccc1C(=O)Nc1nc2c(ccc3ccccc32)s1. The number of hydrogen-bond donors (Lipinski definition) is 1. The Morgan fingerprint density at radius 2 is 1.83 bits per heavy atom. The van der Waals surface area contributed by atoms with Gasteiger partial charge in [0.1, 0.15) is 5.75 Å². The molecule has 0 unspecified atom stereocenters. The minimum atomic E-state index is -0.226. The number of amides is 1. The average Bonchev–Trinajstić information content (AvgIpc) is 3.04. The molecule has 0 saturated carbocycles. The van der Waals surface area contributed by atoms with Crippen molar-refractivity contribution in [1.29, 1.82) is 0 Å². The van der Waals surface area contributed by atoms with E-state index >= 15 is 0 Å². The lowest BCUT2D eigenvalue weighted by atomic mass is 10.1. The molecule has 0 atom stereocenters. The summed E-state index contributed by atoms with van der Waals surface area (Å²) in [6.07, 6.45) is 0. The molecule has 0 bridgehead atoms. The number of fused-ring (bicyclic) bond motifs is 3. The van der Waals surface area contributed by atoms with Crippen molar-refractivity contribution in [3.05, 3.63) is 66.2 Å². The van der Waals surface area contributed by atoms with E-state index in [1.807, 2.05) is 36.4 Å². The standard InChI is InChI=1S/C19H14N2O2S/c1-23-15-9-5-4-8-14(15)18(22)21-19-20-17-13-7-3-2-6-12(13)10-11-16(17)24-19/h2-11H,1H3,(H,20,21,22). The van der Waals surface area contributed by atoms with Crippen LogP contribution in [0, 0.1) is 0 Å². The molecule has 0 spiro atoms. The van der Waals surface area contributed by atoms with Crippen molar-refractivity contribution in [3.63, 3.8) is 0 Å². The Morgan fingerprint density at radius 1 is 1.04 bits per heavy atom. The van der Waals surface area contributed by atoms with E-state index in [1.54, 1.807) is 19.2 Å². The molecule has 1 aromatic heterocycles. The maximum Gasteiger partial charge on any atom is 0.261 e. The molecule has 0 radical (unpaired) electrons. The van der Waals surface area contributed by atoms with E-state index in [-0.39, 0.29) is 5.91 Å². The molecular formula is C19H14N2O2S. The fourth-order valence-electron chi connectivity index (χ4n) is 2.71. The zero-order chi connectivity index (χ0) is 16.5. The summed E-state index contributed by atoms with van der Waals surface area (Å²) in [5, 5.41) is 5.68. The van der Waals surface area contributed by atoms with Gasteiger partial charge in [-0.2, -0.15) is 0 Å². The van der Waals surface area contributed by atoms with Crippen molar-refractivity contribution >= 4 is 43.4 Å². The summed E-state index contributed by atoms with van der Waals surface area (Å²) in [6, 6.07) is 19.3. The quantitative estimate of drug-likeness (QED) is 0.590. The molecule has 0 saturated heterocycles. The van der Waals surface area contributed by atoms with Crippen LogP contribution in [0.1, 0.15) is 10.4 Å². The number of rotatable bonds is 3. The number of ether oxygens (including phenoxy) is 1. The molecule has 5 heteroatoms. The fourth-order valence-corrected chi connectivity index (χ4v) is 3.59. The van der Waals surface area contributed by atoms with Crippen LogP contribution in [0.2, 0.25) is 0 Å². The summed E-state index contributed by atoms with van der Waals surface area (Å²) in [6.45, 7) is 0. The van der Waals surface area contributed by atoms with Crippen molar-refractivity contribution in [2.45, 2.75) is 0 Å². The van der Waals surface area contributed by atoms with E-state index in [2.05, 4.69) is 22.4 Å². The fraction of sp³-hybridized carbons (Fsp3) is 0.0526. The van der Waals surface area contributed by atoms with E-state index in [0.717, 1.165) is 21.0 Å². The van der Waals surface area contributed by atoms with Gasteiger partial charge in [0.25, 0.3) is 5.91 Å². The summed E-state index contributed by atoms with van der Waals surface area (Å²) in [4.78, 5) is 17.1. The largest absolute Gasteiger partial charge is 0.496 e. The number of carbonyl (C=O) groups is 1. The maximum atomic E-state index is 12.5. The van der Waals surface area contributed by atoms with Crippen LogP contribution in [0.3, 0.4) is 0 Å². The number of para-hydroxylation sites is 1. The van der Waals surface area contributed by atoms with Crippen LogP contribution in [0.15, 0.2) is 60.7 Å². The average molecular weight is 334 g/mol. The highest BCUT2D eigenvalue weighted by Crippen LogP contribution is 2.32. The molecule has 0 aliphatic carbocycles. The topological polar surface area (TPSA) is 51.2 Å². The van der Waals surface area contributed by atoms with Crippen LogP contribution in [-0.4, -0.2) is 18.0 Å². The maximum absolute atomic E-state index is 12.5. The van der Waals surface area contributed by atoms with Gasteiger partial charge >= 0.3 is 0 Å². The van der Waals surface area contributed by atoms with Crippen LogP contribution in [-0.2, 0) is 0 Å². The van der Waals surface area contributed by atoms with Crippen molar-refractivity contribution in [3.8, 4) is 5.75 Å². The molecule has 1 N–H and O–H groups in total. The first-order chi connectivity index (χ1) is 11.8. The first kappa shape index (κ1) is 14.7. The summed E-state index contributed by atoms with van der Waals surface area (Å²) in [5.41, 5.74) is 1.40. The zero-order valence-electron chi connectivity index (χ0n) is 12.9. The Morgan fingerprint density at radius 3 is 2.71 bits per heavy atom. The van der Waals surface area contributed by atoms with E-state index in [4.69, 9.17) is 4.74 Å². The van der Waals surface area contributed by atoms with Gasteiger partial charge in [0.05, 0.1) is 22.9 Å². The van der Waals surface area contributed by atoms with Gasteiger partial charge in [0.15, 0.2) is 5.13 Å². The van der Waals surface area contributed by atoms with Crippen LogP contribution in [0.25, 0.3) is 21.0 Å². The third kappa shape index (κ3) is 2.49. The van der Waals surface area contributed by atoms with Gasteiger partial charge in [-0.05, 0) is 23.6 Å². The summed E-state index contributed by atoms with van der Waals surface area (Å²) in [5.74, 6) is 0.317. The number of aromatic nitrogens is 1. The third-order valence-corrected chi connectivity index (χ3v) is 4.79. The number of benzene rings is 3. The number of carbonyl (C=O) groups excluding carboxylic acids is 1. The first-order valence-corrected chi connectivity index (χ1v) is 8.30. The highest BCUT2D eigenvalue weighted by molar-refractivity contribution is 7.22. The van der Waals surface area contributed by atoms with Crippen molar-refractivity contribution in [1.82, 2.24) is 4.98 Å². The molecule has 0 aliphatic rings. The lowest BCUT2D eigenvalue weighted by Crippen LogP contribution is -2.12. The Kier molecular flexibility index (Phi) is 3.63. The number of hydrogen-bond acceptors (Lipinski definition) is 4. The monoisotopic (exact) mass is 334 g/mol. The van der Waals surface area contributed by atoms with Crippen molar-refractivity contribution < 1.29 is 9.53 Å². The van der Waals surface area contributed by atoms with Gasteiger partial charge in [0.2, 0.25) is 0 Å². The number of thiazole rings is 1. The number of methoxy groups -OCH3 is 1. The number of nitrogens with one attached hydrogen (secondary N) is 1. The second-order valence-electron chi connectivity index (χ2n) is 5.31. The third-order valence-electron chi connectivity index (χ3n) is 3.86. The van der Waals surface area contributed by atoms with Gasteiger partial charge in [-0.25, -0.2) is 4.98 Å². The van der Waals surface area contributed by atoms with E-state index < -0.39 is 0 Å². The molecule has 1 amide bonds. The van der Waals surface area contributed by atoms with Gasteiger partial charge in [-0.3, -0.25) is 10.1 Å². The highest BCUT2D eigenvalue weighted by atomic mass is 32.1. The molecule has 0 fully saturated rings. The molecular weight excluding hydrogens is 320 g/mol. The Labute approximate surface area is 142 Å². The lowest BCUT2D eigenvalue weighted by Gasteiger charge is -2.06. The predicted octanol–water partition coefficient (Wildman–Crippen LogP) is 4.71.